The number of hydrogen-bond donors (Lipinski definition) is 0. The number of benzene rings is 2. The van der Waals surface area contributed by atoms with Crippen LogP contribution in [0.2, 0.25) is 0 Å². The van der Waals surface area contributed by atoms with Crippen molar-refractivity contribution in [2.45, 2.75) is 6.54 Å². The summed E-state index contributed by atoms with van der Waals surface area (Å²) in [5.41, 5.74) is 1.42. The van der Waals surface area contributed by atoms with Gasteiger partial charge in [0.1, 0.15) is 5.75 Å². The summed E-state index contributed by atoms with van der Waals surface area (Å²) >= 11 is 0. The van der Waals surface area contributed by atoms with Gasteiger partial charge in [-0.1, -0.05) is 18.2 Å². The second-order valence-electron chi connectivity index (χ2n) is 7.50. The van der Waals surface area contributed by atoms with E-state index in [1.807, 2.05) is 6.07 Å². The van der Waals surface area contributed by atoms with E-state index in [0.29, 0.717) is 0 Å². The average Bonchev–Trinajstić information content (AvgIpc) is 2.97. The maximum Gasteiger partial charge on any atom is 0.119 e. The van der Waals surface area contributed by atoms with Gasteiger partial charge in [0.25, 0.3) is 0 Å². The Labute approximate surface area is 138 Å². The van der Waals surface area contributed by atoms with Gasteiger partial charge in [-0.2, -0.15) is 0 Å². The van der Waals surface area contributed by atoms with Crippen LogP contribution in [0, 0.1) is 17.8 Å². The maximum absolute atomic E-state index is 5.30. The maximum atomic E-state index is 5.30. The fourth-order valence-electron chi connectivity index (χ4n) is 4.32. The lowest BCUT2D eigenvalue weighted by Gasteiger charge is -2.21. The summed E-state index contributed by atoms with van der Waals surface area (Å²) < 4.78 is 5.30. The fraction of sp³-hybridized carbons (Fsp3) is 0.500. The first kappa shape index (κ1) is 15.0. The lowest BCUT2D eigenvalue weighted by Crippen LogP contribution is -2.27. The van der Waals surface area contributed by atoms with Crippen LogP contribution in [0.15, 0.2) is 36.4 Å². The van der Waals surface area contributed by atoms with Crippen molar-refractivity contribution in [1.82, 2.24) is 9.80 Å². The molecule has 4 rings (SSSR count). The van der Waals surface area contributed by atoms with E-state index in [-0.39, 0.29) is 0 Å². The third kappa shape index (κ3) is 2.96. The normalized spacial score (nSPS) is 26.7. The van der Waals surface area contributed by atoms with Gasteiger partial charge in [-0.05, 0) is 66.4 Å². The van der Waals surface area contributed by atoms with E-state index >= 15 is 0 Å². The molecule has 2 fully saturated rings. The summed E-state index contributed by atoms with van der Waals surface area (Å²) in [7, 11) is 6.10. The van der Waals surface area contributed by atoms with Crippen molar-refractivity contribution in [2.75, 3.05) is 40.8 Å². The van der Waals surface area contributed by atoms with Gasteiger partial charge in [0, 0.05) is 26.2 Å². The fourth-order valence-corrected chi connectivity index (χ4v) is 4.32. The third-order valence-corrected chi connectivity index (χ3v) is 5.54. The quantitative estimate of drug-likeness (QED) is 0.844. The summed E-state index contributed by atoms with van der Waals surface area (Å²) in [6.45, 7) is 4.91. The van der Waals surface area contributed by atoms with E-state index in [4.69, 9.17) is 4.74 Å². The van der Waals surface area contributed by atoms with Crippen molar-refractivity contribution in [1.29, 1.82) is 0 Å². The summed E-state index contributed by atoms with van der Waals surface area (Å²) in [5.74, 6) is 3.77. The first-order valence-corrected chi connectivity index (χ1v) is 8.58. The minimum atomic E-state index is 0.928. The predicted octanol–water partition coefficient (Wildman–Crippen LogP) is 3.09. The van der Waals surface area contributed by atoms with Crippen LogP contribution >= 0.6 is 0 Å². The van der Waals surface area contributed by atoms with Crippen LogP contribution in [0.25, 0.3) is 10.8 Å². The van der Waals surface area contributed by atoms with Gasteiger partial charge in [0.15, 0.2) is 0 Å². The highest BCUT2D eigenvalue weighted by Crippen LogP contribution is 2.52. The molecule has 2 aromatic carbocycles. The van der Waals surface area contributed by atoms with Crippen LogP contribution in [-0.2, 0) is 6.54 Å². The van der Waals surface area contributed by atoms with Crippen molar-refractivity contribution in [2.24, 2.45) is 17.8 Å². The molecule has 0 N–H and O–H groups in total. The van der Waals surface area contributed by atoms with E-state index in [1.54, 1.807) is 7.11 Å². The number of likely N-dealkylation sites (tertiary alicyclic amines) is 1. The molecule has 2 aromatic rings. The van der Waals surface area contributed by atoms with E-state index in [0.717, 1.165) is 30.0 Å². The van der Waals surface area contributed by atoms with Crippen molar-refractivity contribution >= 4 is 10.8 Å². The Morgan fingerprint density at radius 1 is 1.04 bits per heavy atom. The second kappa shape index (κ2) is 5.81. The number of ether oxygens (including phenoxy) is 1. The van der Waals surface area contributed by atoms with Crippen LogP contribution in [0.3, 0.4) is 0 Å². The summed E-state index contributed by atoms with van der Waals surface area (Å²) in [6, 6.07) is 13.1. The van der Waals surface area contributed by atoms with Crippen molar-refractivity contribution in [3.63, 3.8) is 0 Å². The Kier molecular flexibility index (Phi) is 3.78. The van der Waals surface area contributed by atoms with E-state index < -0.39 is 0 Å². The second-order valence-corrected chi connectivity index (χ2v) is 7.50. The molecule has 1 saturated heterocycles. The number of nitrogens with zero attached hydrogens (tertiary/aromatic N) is 2. The van der Waals surface area contributed by atoms with Gasteiger partial charge in [-0.3, -0.25) is 4.90 Å². The molecule has 3 heteroatoms. The SMILES string of the molecule is COc1ccc2cc(CN3C[C@@H]4C(CN(C)C)[C@@H]4C3)ccc2c1. The molecule has 0 aromatic heterocycles. The Morgan fingerprint density at radius 2 is 1.74 bits per heavy atom. The van der Waals surface area contributed by atoms with Gasteiger partial charge in [-0.15, -0.1) is 0 Å². The van der Waals surface area contributed by atoms with Gasteiger partial charge in [0.05, 0.1) is 7.11 Å². The zero-order valence-corrected chi connectivity index (χ0v) is 14.3. The molecule has 0 bridgehead atoms. The molecule has 1 heterocycles. The Bertz CT molecular complexity index is 700. The molecule has 3 atom stereocenters. The molecule has 3 nitrogen and oxygen atoms in total. The smallest absolute Gasteiger partial charge is 0.119 e. The minimum absolute atomic E-state index is 0.928. The largest absolute Gasteiger partial charge is 0.497 e. The molecule has 0 amide bonds. The average molecular weight is 310 g/mol. The van der Waals surface area contributed by atoms with Crippen LogP contribution < -0.4 is 4.74 Å². The number of piperidine rings is 1. The van der Waals surface area contributed by atoms with Crippen molar-refractivity contribution in [3.8, 4) is 5.75 Å². The summed E-state index contributed by atoms with van der Waals surface area (Å²) in [5, 5.41) is 2.56. The van der Waals surface area contributed by atoms with Crippen LogP contribution in [0.4, 0.5) is 0 Å². The van der Waals surface area contributed by atoms with Crippen molar-refractivity contribution in [3.05, 3.63) is 42.0 Å². The minimum Gasteiger partial charge on any atom is -0.497 e. The van der Waals surface area contributed by atoms with Crippen LogP contribution in [0.1, 0.15) is 5.56 Å². The highest BCUT2D eigenvalue weighted by Gasteiger charge is 2.54. The number of rotatable bonds is 5. The Balaban J connectivity index is 1.40. The zero-order valence-electron chi connectivity index (χ0n) is 14.3. The predicted molar refractivity (Wildman–Crippen MR) is 94.8 cm³/mol. The van der Waals surface area contributed by atoms with Crippen molar-refractivity contribution < 1.29 is 4.74 Å². The first-order valence-electron chi connectivity index (χ1n) is 8.58. The highest BCUT2D eigenvalue weighted by molar-refractivity contribution is 5.84. The molecule has 1 saturated carbocycles. The molecule has 2 aliphatic rings. The molecular weight excluding hydrogens is 284 g/mol. The third-order valence-electron chi connectivity index (χ3n) is 5.54. The molecule has 122 valence electrons. The highest BCUT2D eigenvalue weighted by atomic mass is 16.5. The molecule has 1 aliphatic carbocycles. The lowest BCUT2D eigenvalue weighted by molar-refractivity contribution is 0.258. The van der Waals surface area contributed by atoms with Crippen LogP contribution in [0.5, 0.6) is 5.75 Å². The van der Waals surface area contributed by atoms with Gasteiger partial charge >= 0.3 is 0 Å². The van der Waals surface area contributed by atoms with Gasteiger partial charge < -0.3 is 9.64 Å². The summed E-state index contributed by atoms with van der Waals surface area (Å²) in [4.78, 5) is 4.97. The van der Waals surface area contributed by atoms with E-state index in [2.05, 4.69) is 54.2 Å². The van der Waals surface area contributed by atoms with E-state index in [9.17, 15) is 0 Å². The lowest BCUT2D eigenvalue weighted by atomic mass is 10.1. The Morgan fingerprint density at radius 3 is 2.43 bits per heavy atom. The molecule has 23 heavy (non-hydrogen) atoms. The molecule has 0 radical (unpaired) electrons. The summed E-state index contributed by atoms with van der Waals surface area (Å²) in [6.07, 6.45) is 0. The van der Waals surface area contributed by atoms with Gasteiger partial charge in [-0.25, -0.2) is 0 Å². The number of methoxy groups -OCH3 is 1. The zero-order chi connectivity index (χ0) is 16.0. The monoisotopic (exact) mass is 310 g/mol. The number of fused-ring (bicyclic) bond motifs is 2. The first-order chi connectivity index (χ1) is 11.1. The molecule has 1 aliphatic heterocycles. The molecule has 1 unspecified atom stereocenters. The molecule has 0 spiro atoms. The Hall–Kier alpha value is -1.58. The van der Waals surface area contributed by atoms with Crippen LogP contribution in [-0.4, -0.2) is 50.6 Å². The number of hydrogen-bond acceptors (Lipinski definition) is 3. The standard InChI is InChI=1S/C20H26N2O/c1-21(2)11-18-19-12-22(13-20(18)19)10-14-4-5-16-9-17(23-3)7-6-15(16)8-14/h4-9,18-20H,10-13H2,1-3H3/t18?,19-,20+. The topological polar surface area (TPSA) is 15.7 Å². The van der Waals surface area contributed by atoms with Gasteiger partial charge in [0.2, 0.25) is 0 Å². The van der Waals surface area contributed by atoms with E-state index in [1.165, 1.54) is 36.0 Å². The molecular formula is C20H26N2O.